The highest BCUT2D eigenvalue weighted by atomic mass is 16.5. The van der Waals surface area contributed by atoms with Crippen LogP contribution in [0.5, 0.6) is 0 Å². The lowest BCUT2D eigenvalue weighted by Crippen LogP contribution is -2.52. The smallest absolute Gasteiger partial charge is 0.0678 e. The summed E-state index contributed by atoms with van der Waals surface area (Å²) in [5.74, 6) is 0.903. The second-order valence-corrected chi connectivity index (χ2v) is 6.58. The third kappa shape index (κ3) is 4.73. The summed E-state index contributed by atoms with van der Waals surface area (Å²) in [7, 11) is 0. The van der Waals surface area contributed by atoms with Crippen LogP contribution in [0.3, 0.4) is 0 Å². The van der Waals surface area contributed by atoms with E-state index < -0.39 is 0 Å². The van der Waals surface area contributed by atoms with Crippen molar-refractivity contribution in [3.8, 4) is 0 Å². The highest BCUT2D eigenvalue weighted by Crippen LogP contribution is 2.28. The number of hydrogen-bond acceptors (Lipinski definition) is 3. The summed E-state index contributed by atoms with van der Waals surface area (Å²) in [6, 6.07) is 0.694. The van der Waals surface area contributed by atoms with Gasteiger partial charge in [-0.05, 0) is 45.6 Å². The molecule has 2 fully saturated rings. The molecule has 0 amide bonds. The third-order valence-corrected chi connectivity index (χ3v) is 4.58. The van der Waals surface area contributed by atoms with E-state index in [2.05, 4.69) is 31.0 Å². The van der Waals surface area contributed by atoms with Crippen molar-refractivity contribution in [2.75, 3.05) is 26.2 Å². The van der Waals surface area contributed by atoms with Crippen molar-refractivity contribution in [3.05, 3.63) is 0 Å². The lowest BCUT2D eigenvalue weighted by Gasteiger charge is -2.38. The summed E-state index contributed by atoms with van der Waals surface area (Å²) in [5.41, 5.74) is 0. The quantitative estimate of drug-likeness (QED) is 0.801. The maximum atomic E-state index is 5.84. The predicted molar refractivity (Wildman–Crippen MR) is 80.5 cm³/mol. The molecule has 1 saturated carbocycles. The Morgan fingerprint density at radius 1 is 1.16 bits per heavy atom. The Kier molecular flexibility index (Phi) is 6.11. The van der Waals surface area contributed by atoms with Crippen molar-refractivity contribution >= 4 is 0 Å². The molecule has 2 rings (SSSR count). The van der Waals surface area contributed by atoms with Gasteiger partial charge in [0.2, 0.25) is 0 Å². The van der Waals surface area contributed by atoms with Crippen molar-refractivity contribution < 1.29 is 4.74 Å². The fourth-order valence-electron chi connectivity index (χ4n) is 3.78. The highest BCUT2D eigenvalue weighted by Gasteiger charge is 2.29. The molecule has 3 nitrogen and oxygen atoms in total. The van der Waals surface area contributed by atoms with Crippen LogP contribution in [0, 0.1) is 5.92 Å². The summed E-state index contributed by atoms with van der Waals surface area (Å²) in [6.45, 7) is 11.2. The highest BCUT2D eigenvalue weighted by molar-refractivity contribution is 4.85. The van der Waals surface area contributed by atoms with Gasteiger partial charge in [-0.25, -0.2) is 0 Å². The lowest BCUT2D eigenvalue weighted by atomic mass is 9.97. The normalized spacial score (nSPS) is 31.7. The van der Waals surface area contributed by atoms with Crippen LogP contribution in [0.4, 0.5) is 0 Å². The van der Waals surface area contributed by atoms with E-state index in [-0.39, 0.29) is 0 Å². The van der Waals surface area contributed by atoms with Crippen LogP contribution in [-0.4, -0.2) is 49.3 Å². The van der Waals surface area contributed by atoms with Gasteiger partial charge in [0, 0.05) is 25.7 Å². The van der Waals surface area contributed by atoms with Crippen LogP contribution in [0.1, 0.15) is 52.9 Å². The van der Waals surface area contributed by atoms with E-state index in [1.165, 1.54) is 38.6 Å². The molecular weight excluding hydrogens is 236 g/mol. The molecule has 1 heterocycles. The Hall–Kier alpha value is -0.120. The molecular formula is C16H32N2O. The number of nitrogens with one attached hydrogen (secondary N) is 1. The molecule has 1 unspecified atom stereocenters. The summed E-state index contributed by atoms with van der Waals surface area (Å²) in [5, 5.41) is 3.81. The van der Waals surface area contributed by atoms with E-state index in [4.69, 9.17) is 4.74 Å². The average Bonchev–Trinajstić information content (AvgIpc) is 2.87. The Morgan fingerprint density at radius 3 is 2.37 bits per heavy atom. The minimum atomic E-state index is 0.388. The minimum Gasteiger partial charge on any atom is -0.373 e. The molecule has 19 heavy (non-hydrogen) atoms. The van der Waals surface area contributed by atoms with Gasteiger partial charge >= 0.3 is 0 Å². The zero-order chi connectivity index (χ0) is 13.7. The van der Waals surface area contributed by atoms with Gasteiger partial charge in [-0.3, -0.25) is 4.90 Å². The van der Waals surface area contributed by atoms with Crippen LogP contribution < -0.4 is 5.32 Å². The number of nitrogens with zero attached hydrogens (tertiary/aromatic N) is 1. The van der Waals surface area contributed by atoms with Gasteiger partial charge in [-0.1, -0.05) is 19.8 Å². The van der Waals surface area contributed by atoms with Crippen molar-refractivity contribution in [1.82, 2.24) is 10.2 Å². The fourth-order valence-corrected chi connectivity index (χ4v) is 3.78. The van der Waals surface area contributed by atoms with E-state index in [1.807, 2.05) is 0 Å². The summed E-state index contributed by atoms with van der Waals surface area (Å²) >= 11 is 0. The maximum absolute atomic E-state index is 5.84. The molecule has 1 saturated heterocycles. The van der Waals surface area contributed by atoms with Gasteiger partial charge in [0.15, 0.2) is 0 Å². The first-order chi connectivity index (χ1) is 9.19. The van der Waals surface area contributed by atoms with Crippen molar-refractivity contribution in [3.63, 3.8) is 0 Å². The monoisotopic (exact) mass is 268 g/mol. The van der Waals surface area contributed by atoms with Crippen molar-refractivity contribution in [2.45, 2.75) is 71.1 Å². The summed E-state index contributed by atoms with van der Waals surface area (Å²) < 4.78 is 5.84. The van der Waals surface area contributed by atoms with Crippen molar-refractivity contribution in [1.29, 1.82) is 0 Å². The van der Waals surface area contributed by atoms with Gasteiger partial charge in [-0.2, -0.15) is 0 Å². The number of rotatable bonds is 6. The van der Waals surface area contributed by atoms with Crippen LogP contribution >= 0.6 is 0 Å². The fraction of sp³-hybridized carbons (Fsp3) is 1.00. The topological polar surface area (TPSA) is 24.5 Å². The number of morpholine rings is 1. The molecule has 3 atom stereocenters. The summed E-state index contributed by atoms with van der Waals surface area (Å²) in [4.78, 5) is 2.62. The Morgan fingerprint density at radius 2 is 1.79 bits per heavy atom. The van der Waals surface area contributed by atoms with E-state index in [9.17, 15) is 0 Å². The molecule has 2 aliphatic rings. The van der Waals surface area contributed by atoms with E-state index in [0.717, 1.165) is 25.6 Å². The molecule has 0 aromatic rings. The molecule has 1 aliphatic carbocycles. The Labute approximate surface area is 119 Å². The van der Waals surface area contributed by atoms with Crippen molar-refractivity contribution in [2.24, 2.45) is 5.92 Å². The van der Waals surface area contributed by atoms with E-state index in [1.54, 1.807) is 0 Å². The largest absolute Gasteiger partial charge is 0.373 e. The number of ether oxygens (including phenoxy) is 1. The van der Waals surface area contributed by atoms with E-state index >= 15 is 0 Å². The van der Waals surface area contributed by atoms with Gasteiger partial charge in [-0.15, -0.1) is 0 Å². The molecule has 1 N–H and O–H groups in total. The van der Waals surface area contributed by atoms with Crippen LogP contribution in [0.25, 0.3) is 0 Å². The van der Waals surface area contributed by atoms with Gasteiger partial charge < -0.3 is 10.1 Å². The molecule has 3 heteroatoms. The zero-order valence-corrected chi connectivity index (χ0v) is 13.0. The Balaban J connectivity index is 1.86. The average molecular weight is 268 g/mol. The SMILES string of the molecule is CCCNC(CN1C[C@@H](C)O[C@@H](C)C1)C1CCCC1. The molecule has 0 aromatic heterocycles. The standard InChI is InChI=1S/C16H32N2O/c1-4-9-17-16(15-7-5-6-8-15)12-18-10-13(2)19-14(3)11-18/h13-17H,4-12H2,1-3H3/t13-,14+,16?. The first-order valence-corrected chi connectivity index (χ1v) is 8.30. The molecule has 0 aromatic carbocycles. The second-order valence-electron chi connectivity index (χ2n) is 6.58. The van der Waals surface area contributed by atoms with Crippen LogP contribution in [0.2, 0.25) is 0 Å². The van der Waals surface area contributed by atoms with Crippen LogP contribution in [-0.2, 0) is 4.74 Å². The first-order valence-electron chi connectivity index (χ1n) is 8.30. The molecule has 0 radical (unpaired) electrons. The lowest BCUT2D eigenvalue weighted by molar-refractivity contribution is -0.0711. The maximum Gasteiger partial charge on any atom is 0.0678 e. The summed E-state index contributed by atoms with van der Waals surface area (Å²) in [6.07, 6.45) is 7.74. The van der Waals surface area contributed by atoms with Crippen LogP contribution in [0.15, 0.2) is 0 Å². The second kappa shape index (κ2) is 7.61. The minimum absolute atomic E-state index is 0.388. The van der Waals surface area contributed by atoms with Gasteiger partial charge in [0.05, 0.1) is 12.2 Å². The molecule has 0 spiro atoms. The number of hydrogen-bond donors (Lipinski definition) is 1. The third-order valence-electron chi connectivity index (χ3n) is 4.58. The molecule has 1 aliphatic heterocycles. The first kappa shape index (κ1) is 15.3. The van der Waals surface area contributed by atoms with Gasteiger partial charge in [0.25, 0.3) is 0 Å². The molecule has 112 valence electrons. The zero-order valence-electron chi connectivity index (χ0n) is 13.0. The van der Waals surface area contributed by atoms with Gasteiger partial charge in [0.1, 0.15) is 0 Å². The van der Waals surface area contributed by atoms with E-state index in [0.29, 0.717) is 18.2 Å². The molecule has 0 bridgehead atoms. The predicted octanol–water partition coefficient (Wildman–Crippen LogP) is 2.65. The Bertz CT molecular complexity index is 243.